The van der Waals surface area contributed by atoms with Gasteiger partial charge < -0.3 is 16.0 Å². The first-order valence-corrected chi connectivity index (χ1v) is 8.43. The van der Waals surface area contributed by atoms with Crippen LogP contribution in [0.1, 0.15) is 20.3 Å². The summed E-state index contributed by atoms with van der Waals surface area (Å²) in [6, 6.07) is 1.85. The van der Waals surface area contributed by atoms with Crippen LogP contribution in [0.5, 0.6) is 0 Å². The summed E-state index contributed by atoms with van der Waals surface area (Å²) in [5.74, 6) is 1.94. The molecule has 0 atom stereocenters. The van der Waals surface area contributed by atoms with Gasteiger partial charge in [0.25, 0.3) is 0 Å². The lowest BCUT2D eigenvalue weighted by molar-refractivity contribution is 0.254. The highest BCUT2D eigenvalue weighted by Gasteiger charge is 2.17. The van der Waals surface area contributed by atoms with Crippen LogP contribution in [0, 0.1) is 5.92 Å². The van der Waals surface area contributed by atoms with E-state index < -0.39 is 0 Å². The fourth-order valence-electron chi connectivity index (χ4n) is 2.48. The lowest BCUT2D eigenvalue weighted by atomic mass is 10.2. The van der Waals surface area contributed by atoms with Crippen molar-refractivity contribution in [3.63, 3.8) is 0 Å². The van der Waals surface area contributed by atoms with E-state index in [1.54, 1.807) is 12.4 Å². The molecule has 3 N–H and O–H groups in total. The maximum atomic E-state index is 5.83. The number of hydrogen-bond donors (Lipinski definition) is 2. The van der Waals surface area contributed by atoms with Gasteiger partial charge in [-0.1, -0.05) is 13.8 Å². The Hall–Kier alpha value is -1.16. The summed E-state index contributed by atoms with van der Waals surface area (Å²) >= 11 is 0. The summed E-state index contributed by atoms with van der Waals surface area (Å²) in [5.41, 5.74) is 5.83. The Kier molecular flexibility index (Phi) is 9.92. The van der Waals surface area contributed by atoms with Crippen LogP contribution in [-0.4, -0.2) is 66.6 Å². The molecule has 2 rings (SSSR count). The molecule has 0 aliphatic carbocycles. The largest absolute Gasteiger partial charge is 0.370 e. The molecule has 2 heterocycles. The minimum atomic E-state index is 0. The van der Waals surface area contributed by atoms with Gasteiger partial charge in [0, 0.05) is 51.7 Å². The Morgan fingerprint density at radius 2 is 1.92 bits per heavy atom. The molecule has 0 radical (unpaired) electrons. The Bertz CT molecular complexity index is 473. The number of aliphatic imine (C=N–C) groups is 1. The highest BCUT2D eigenvalue weighted by molar-refractivity contribution is 14.0. The van der Waals surface area contributed by atoms with Gasteiger partial charge in [-0.3, -0.25) is 9.89 Å². The maximum absolute atomic E-state index is 5.83. The molecule has 0 saturated carbocycles. The molecule has 136 valence electrons. The molecule has 1 aromatic rings. The second-order valence-corrected chi connectivity index (χ2v) is 6.28. The number of aromatic nitrogens is 2. The Balaban J connectivity index is 0.00000288. The third-order valence-electron chi connectivity index (χ3n) is 3.79. The maximum Gasteiger partial charge on any atom is 0.225 e. The molecule has 7 nitrogen and oxygen atoms in total. The second kappa shape index (κ2) is 11.4. The van der Waals surface area contributed by atoms with Gasteiger partial charge >= 0.3 is 0 Å². The molecule has 1 saturated heterocycles. The normalized spacial score (nSPS) is 16.1. The summed E-state index contributed by atoms with van der Waals surface area (Å²) in [6.07, 6.45) is 4.66. The van der Waals surface area contributed by atoms with E-state index in [4.69, 9.17) is 5.73 Å². The van der Waals surface area contributed by atoms with Crippen LogP contribution in [0.25, 0.3) is 0 Å². The van der Waals surface area contributed by atoms with Gasteiger partial charge in [-0.05, 0) is 24.9 Å². The zero-order valence-electron chi connectivity index (χ0n) is 14.7. The Morgan fingerprint density at radius 1 is 1.25 bits per heavy atom. The van der Waals surface area contributed by atoms with Crippen molar-refractivity contribution < 1.29 is 0 Å². The summed E-state index contributed by atoms with van der Waals surface area (Å²) in [5, 5.41) is 3.18. The Morgan fingerprint density at radius 3 is 2.54 bits per heavy atom. The number of nitrogens with two attached hydrogens (primary N) is 1. The number of halogens is 1. The van der Waals surface area contributed by atoms with Gasteiger partial charge in [0.2, 0.25) is 5.95 Å². The van der Waals surface area contributed by atoms with Crippen molar-refractivity contribution in [2.75, 3.05) is 50.7 Å². The van der Waals surface area contributed by atoms with Crippen molar-refractivity contribution in [3.8, 4) is 0 Å². The first kappa shape index (κ1) is 20.9. The predicted molar refractivity (Wildman–Crippen MR) is 110 cm³/mol. The fourth-order valence-corrected chi connectivity index (χ4v) is 2.48. The van der Waals surface area contributed by atoms with E-state index in [2.05, 4.69) is 43.9 Å². The second-order valence-electron chi connectivity index (χ2n) is 6.28. The van der Waals surface area contributed by atoms with E-state index >= 15 is 0 Å². The molecular weight excluding hydrogens is 417 g/mol. The molecule has 0 amide bonds. The minimum Gasteiger partial charge on any atom is -0.370 e. The van der Waals surface area contributed by atoms with Crippen LogP contribution >= 0.6 is 24.0 Å². The van der Waals surface area contributed by atoms with Gasteiger partial charge in [0.15, 0.2) is 5.96 Å². The van der Waals surface area contributed by atoms with E-state index in [0.29, 0.717) is 11.9 Å². The molecule has 0 bridgehead atoms. The molecule has 24 heavy (non-hydrogen) atoms. The van der Waals surface area contributed by atoms with Gasteiger partial charge in [-0.15, -0.1) is 24.0 Å². The first-order chi connectivity index (χ1) is 11.1. The predicted octanol–water partition coefficient (Wildman–Crippen LogP) is 1.17. The highest BCUT2D eigenvalue weighted by Crippen LogP contribution is 2.09. The summed E-state index contributed by atoms with van der Waals surface area (Å²) in [4.78, 5) is 17.6. The molecule has 0 spiro atoms. The molecule has 1 aliphatic heterocycles. The standard InChI is InChI=1S/C16H29N7.HI/c1-14(2)13-21-15(17)18-7-4-8-22-9-11-23(12-10-22)16-19-5-3-6-20-16;/h3,5-6,14H,4,7-13H2,1-2H3,(H3,17,18,21);1H. The number of guanidine groups is 1. The smallest absolute Gasteiger partial charge is 0.225 e. The average molecular weight is 447 g/mol. The zero-order valence-corrected chi connectivity index (χ0v) is 17.0. The van der Waals surface area contributed by atoms with Crippen LogP contribution in [0.4, 0.5) is 5.95 Å². The molecule has 0 aromatic carbocycles. The van der Waals surface area contributed by atoms with E-state index in [1.807, 2.05) is 6.07 Å². The van der Waals surface area contributed by atoms with Crippen LogP contribution in [0.15, 0.2) is 23.5 Å². The molecule has 1 fully saturated rings. The quantitative estimate of drug-likeness (QED) is 0.283. The lowest BCUT2D eigenvalue weighted by Crippen LogP contribution is -2.47. The molecule has 8 heteroatoms. The van der Waals surface area contributed by atoms with Crippen LogP contribution < -0.4 is 16.0 Å². The molecule has 0 unspecified atom stereocenters. The number of piperazine rings is 1. The van der Waals surface area contributed by atoms with E-state index in [-0.39, 0.29) is 24.0 Å². The van der Waals surface area contributed by atoms with Gasteiger partial charge in [-0.2, -0.15) is 0 Å². The minimum absolute atomic E-state index is 0. The summed E-state index contributed by atoms with van der Waals surface area (Å²) in [6.45, 7) is 11.1. The van der Waals surface area contributed by atoms with Crippen LogP contribution in [-0.2, 0) is 0 Å². The van der Waals surface area contributed by atoms with Crippen molar-refractivity contribution in [3.05, 3.63) is 18.5 Å². The van der Waals surface area contributed by atoms with E-state index in [1.165, 1.54) is 0 Å². The lowest BCUT2D eigenvalue weighted by Gasteiger charge is -2.34. The molecule has 1 aliphatic rings. The van der Waals surface area contributed by atoms with Crippen LogP contribution in [0.3, 0.4) is 0 Å². The number of nitrogens with one attached hydrogen (secondary N) is 1. The SMILES string of the molecule is CC(C)CN=C(N)NCCCN1CCN(c2ncccn2)CC1.I. The van der Waals surface area contributed by atoms with Gasteiger partial charge in [0.1, 0.15) is 0 Å². The van der Waals surface area contributed by atoms with Crippen molar-refractivity contribution in [1.29, 1.82) is 0 Å². The van der Waals surface area contributed by atoms with Crippen molar-refractivity contribution >= 4 is 35.9 Å². The topological polar surface area (TPSA) is 82.7 Å². The number of anilines is 1. The molecular formula is C16H30IN7. The third-order valence-corrected chi connectivity index (χ3v) is 3.79. The summed E-state index contributed by atoms with van der Waals surface area (Å²) < 4.78 is 0. The van der Waals surface area contributed by atoms with Crippen molar-refractivity contribution in [2.45, 2.75) is 20.3 Å². The number of hydrogen-bond acceptors (Lipinski definition) is 5. The Labute approximate surface area is 162 Å². The van der Waals surface area contributed by atoms with Crippen molar-refractivity contribution in [1.82, 2.24) is 20.2 Å². The molecule has 1 aromatic heterocycles. The average Bonchev–Trinajstić information content (AvgIpc) is 2.58. The van der Waals surface area contributed by atoms with E-state index in [0.717, 1.165) is 58.2 Å². The monoisotopic (exact) mass is 447 g/mol. The van der Waals surface area contributed by atoms with Crippen LogP contribution in [0.2, 0.25) is 0 Å². The number of nitrogens with zero attached hydrogens (tertiary/aromatic N) is 5. The third kappa shape index (κ3) is 7.61. The fraction of sp³-hybridized carbons (Fsp3) is 0.688. The highest BCUT2D eigenvalue weighted by atomic mass is 127. The van der Waals surface area contributed by atoms with Crippen molar-refractivity contribution in [2.24, 2.45) is 16.6 Å². The zero-order chi connectivity index (χ0) is 16.5. The first-order valence-electron chi connectivity index (χ1n) is 8.43. The summed E-state index contributed by atoms with van der Waals surface area (Å²) in [7, 11) is 0. The van der Waals surface area contributed by atoms with Gasteiger partial charge in [0.05, 0.1) is 0 Å². The number of rotatable bonds is 7. The van der Waals surface area contributed by atoms with Gasteiger partial charge in [-0.25, -0.2) is 9.97 Å². The van der Waals surface area contributed by atoms with E-state index in [9.17, 15) is 0 Å².